The second-order valence-electron chi connectivity index (χ2n) is 4.17. The number of hydrogen-bond donors (Lipinski definition) is 1. The zero-order chi connectivity index (χ0) is 12.2. The molecule has 0 aliphatic heterocycles. The molecule has 5 nitrogen and oxygen atoms in total. The van der Waals surface area contributed by atoms with Crippen LogP contribution in [0.3, 0.4) is 0 Å². The monoisotopic (exact) mass is 243 g/mol. The molecule has 0 saturated carbocycles. The first-order chi connectivity index (χ1) is 7.37. The molecule has 1 aromatic heterocycles. The van der Waals surface area contributed by atoms with Crippen LogP contribution in [0.1, 0.15) is 20.8 Å². The van der Waals surface area contributed by atoms with Gasteiger partial charge in [0.1, 0.15) is 23.1 Å². The first-order valence-electron chi connectivity index (χ1n) is 4.80. The van der Waals surface area contributed by atoms with Crippen LogP contribution >= 0.6 is 11.6 Å². The Bertz CT molecular complexity index is 377. The number of carbonyl (C=O) groups is 1. The van der Waals surface area contributed by atoms with E-state index in [1.54, 1.807) is 0 Å². The van der Waals surface area contributed by atoms with Crippen molar-refractivity contribution in [2.45, 2.75) is 26.4 Å². The molecule has 0 spiro atoms. The molecule has 0 saturated heterocycles. The van der Waals surface area contributed by atoms with E-state index in [9.17, 15) is 4.79 Å². The summed E-state index contributed by atoms with van der Waals surface area (Å²) in [4.78, 5) is 19.1. The summed E-state index contributed by atoms with van der Waals surface area (Å²) in [5, 5.41) is 3.05. The highest BCUT2D eigenvalue weighted by atomic mass is 35.5. The van der Waals surface area contributed by atoms with Crippen molar-refractivity contribution in [3.8, 4) is 0 Å². The van der Waals surface area contributed by atoms with Gasteiger partial charge >= 0.3 is 5.97 Å². The third-order valence-corrected chi connectivity index (χ3v) is 1.62. The number of ether oxygens (including phenoxy) is 1. The predicted molar refractivity (Wildman–Crippen MR) is 61.4 cm³/mol. The van der Waals surface area contributed by atoms with Gasteiger partial charge in [-0.15, -0.1) is 0 Å². The third kappa shape index (κ3) is 4.93. The number of aromatic nitrogens is 2. The Balaban J connectivity index is 2.43. The number of hydrogen-bond acceptors (Lipinski definition) is 5. The fraction of sp³-hybridized carbons (Fsp3) is 0.500. The largest absolute Gasteiger partial charge is 0.459 e. The quantitative estimate of drug-likeness (QED) is 0.822. The normalized spacial score (nSPS) is 11.0. The summed E-state index contributed by atoms with van der Waals surface area (Å²) in [7, 11) is 0. The highest BCUT2D eigenvalue weighted by Crippen LogP contribution is 2.08. The lowest BCUT2D eigenvalue weighted by Gasteiger charge is -2.19. The van der Waals surface area contributed by atoms with Crippen LogP contribution in [0.2, 0.25) is 5.15 Å². The van der Waals surface area contributed by atoms with Crippen LogP contribution in [-0.4, -0.2) is 28.1 Å². The van der Waals surface area contributed by atoms with Crippen LogP contribution in [0.25, 0.3) is 0 Å². The van der Waals surface area contributed by atoms with Gasteiger partial charge in [0.2, 0.25) is 0 Å². The van der Waals surface area contributed by atoms with Crippen LogP contribution in [0.15, 0.2) is 12.4 Å². The maximum Gasteiger partial charge on any atom is 0.325 e. The standard InChI is InChI=1S/C10H14ClN3O2/c1-10(2,3)16-9(15)6-13-8-5-12-4-7(11)14-8/h4-5H,6H2,1-3H3,(H,13,14). The van der Waals surface area contributed by atoms with Crippen molar-refractivity contribution in [3.05, 3.63) is 17.5 Å². The highest BCUT2D eigenvalue weighted by molar-refractivity contribution is 6.29. The van der Waals surface area contributed by atoms with Crippen molar-refractivity contribution in [3.63, 3.8) is 0 Å². The zero-order valence-corrected chi connectivity index (χ0v) is 10.2. The van der Waals surface area contributed by atoms with Crippen molar-refractivity contribution < 1.29 is 9.53 Å². The third-order valence-electron chi connectivity index (χ3n) is 1.44. The smallest absolute Gasteiger partial charge is 0.325 e. The van der Waals surface area contributed by atoms with E-state index >= 15 is 0 Å². The van der Waals surface area contributed by atoms with E-state index in [1.165, 1.54) is 12.4 Å². The first-order valence-corrected chi connectivity index (χ1v) is 5.18. The lowest BCUT2D eigenvalue weighted by molar-refractivity contribution is -0.152. The molecule has 1 aromatic rings. The molecule has 6 heteroatoms. The second kappa shape index (κ2) is 5.12. The molecule has 1 heterocycles. The minimum Gasteiger partial charge on any atom is -0.459 e. The number of rotatable bonds is 3. The SMILES string of the molecule is CC(C)(C)OC(=O)CNc1cncc(Cl)n1. The van der Waals surface area contributed by atoms with Gasteiger partial charge in [0, 0.05) is 0 Å². The van der Waals surface area contributed by atoms with Crippen LogP contribution < -0.4 is 5.32 Å². The molecule has 0 unspecified atom stereocenters. The van der Waals surface area contributed by atoms with Gasteiger partial charge in [-0.1, -0.05) is 11.6 Å². The van der Waals surface area contributed by atoms with Crippen molar-refractivity contribution in [1.29, 1.82) is 0 Å². The maximum atomic E-state index is 11.4. The lowest BCUT2D eigenvalue weighted by Crippen LogP contribution is -2.28. The lowest BCUT2D eigenvalue weighted by atomic mass is 10.2. The van der Waals surface area contributed by atoms with Crippen LogP contribution in [-0.2, 0) is 9.53 Å². The Hall–Kier alpha value is -1.36. The van der Waals surface area contributed by atoms with Crippen LogP contribution in [0.4, 0.5) is 5.82 Å². The van der Waals surface area contributed by atoms with Gasteiger partial charge < -0.3 is 10.1 Å². The molecule has 0 aliphatic carbocycles. The number of nitrogens with one attached hydrogen (secondary N) is 1. The number of anilines is 1. The molecule has 16 heavy (non-hydrogen) atoms. The molecule has 0 amide bonds. The summed E-state index contributed by atoms with van der Waals surface area (Å²) in [6, 6.07) is 0. The molecule has 0 atom stereocenters. The van der Waals surface area contributed by atoms with Gasteiger partial charge in [-0.25, -0.2) is 4.98 Å². The van der Waals surface area contributed by atoms with Gasteiger partial charge in [0.15, 0.2) is 0 Å². The van der Waals surface area contributed by atoms with Crippen molar-refractivity contribution >= 4 is 23.4 Å². The van der Waals surface area contributed by atoms with E-state index in [2.05, 4.69) is 15.3 Å². The van der Waals surface area contributed by atoms with E-state index in [0.717, 1.165) is 0 Å². The van der Waals surface area contributed by atoms with E-state index in [0.29, 0.717) is 5.82 Å². The van der Waals surface area contributed by atoms with Gasteiger partial charge in [-0.05, 0) is 20.8 Å². The second-order valence-corrected chi connectivity index (χ2v) is 4.55. The van der Waals surface area contributed by atoms with Gasteiger partial charge in [-0.2, -0.15) is 0 Å². The molecule has 88 valence electrons. The maximum absolute atomic E-state index is 11.4. The number of nitrogens with zero attached hydrogens (tertiary/aromatic N) is 2. The molecular weight excluding hydrogens is 230 g/mol. The molecule has 0 aromatic carbocycles. The Kier molecular flexibility index (Phi) is 4.06. The Morgan fingerprint density at radius 1 is 1.50 bits per heavy atom. The topological polar surface area (TPSA) is 64.1 Å². The van der Waals surface area contributed by atoms with E-state index in [1.807, 2.05) is 20.8 Å². The fourth-order valence-electron chi connectivity index (χ4n) is 0.968. The molecule has 1 rings (SSSR count). The summed E-state index contributed by atoms with van der Waals surface area (Å²) in [6.45, 7) is 5.46. The number of esters is 1. The van der Waals surface area contributed by atoms with Crippen molar-refractivity contribution in [2.75, 3.05) is 11.9 Å². The van der Waals surface area contributed by atoms with Crippen molar-refractivity contribution in [1.82, 2.24) is 9.97 Å². The van der Waals surface area contributed by atoms with E-state index < -0.39 is 5.60 Å². The van der Waals surface area contributed by atoms with Crippen LogP contribution in [0.5, 0.6) is 0 Å². The molecule has 1 N–H and O–H groups in total. The zero-order valence-electron chi connectivity index (χ0n) is 9.45. The van der Waals surface area contributed by atoms with Gasteiger partial charge in [0.25, 0.3) is 0 Å². The molecular formula is C10H14ClN3O2. The summed E-state index contributed by atoms with van der Waals surface area (Å²) in [5.74, 6) is 0.0904. The average Bonchev–Trinajstić information content (AvgIpc) is 2.12. The number of carbonyl (C=O) groups excluding carboxylic acids is 1. The minimum atomic E-state index is -0.487. The Morgan fingerprint density at radius 2 is 2.19 bits per heavy atom. The Morgan fingerprint density at radius 3 is 2.75 bits per heavy atom. The average molecular weight is 244 g/mol. The summed E-state index contributed by atoms with van der Waals surface area (Å²) in [6.07, 6.45) is 2.90. The molecule has 0 fully saturated rings. The van der Waals surface area contributed by atoms with E-state index in [4.69, 9.17) is 16.3 Å². The molecule has 0 aliphatic rings. The first kappa shape index (κ1) is 12.7. The van der Waals surface area contributed by atoms with Crippen LogP contribution in [0, 0.1) is 0 Å². The summed E-state index contributed by atoms with van der Waals surface area (Å²) >= 11 is 5.64. The molecule has 0 radical (unpaired) electrons. The number of halogens is 1. The minimum absolute atomic E-state index is 0.0340. The van der Waals surface area contributed by atoms with Gasteiger partial charge in [-0.3, -0.25) is 9.78 Å². The van der Waals surface area contributed by atoms with Gasteiger partial charge in [0.05, 0.1) is 12.4 Å². The van der Waals surface area contributed by atoms with Crippen molar-refractivity contribution in [2.24, 2.45) is 0 Å². The predicted octanol–water partition coefficient (Wildman–Crippen LogP) is 1.88. The summed E-state index contributed by atoms with van der Waals surface area (Å²) in [5.41, 5.74) is -0.487. The highest BCUT2D eigenvalue weighted by Gasteiger charge is 2.15. The van der Waals surface area contributed by atoms with E-state index in [-0.39, 0.29) is 17.7 Å². The fourth-order valence-corrected chi connectivity index (χ4v) is 1.12. The Labute approximate surface area is 99.2 Å². The summed E-state index contributed by atoms with van der Waals surface area (Å²) < 4.78 is 5.11. The molecule has 0 bridgehead atoms.